The molecule has 0 spiro atoms. The Bertz CT molecular complexity index is 241. The number of alkyl halides is 1. The van der Waals surface area contributed by atoms with Gasteiger partial charge < -0.3 is 10.2 Å². The summed E-state index contributed by atoms with van der Waals surface area (Å²) in [5.41, 5.74) is 0.608. The van der Waals surface area contributed by atoms with E-state index in [2.05, 4.69) is 19.7 Å². The first kappa shape index (κ1) is 12.1. The number of halogens is 1. The number of aliphatic hydroxyl groups excluding tert-OH is 2. The van der Waals surface area contributed by atoms with Crippen molar-refractivity contribution in [3.8, 4) is 0 Å². The van der Waals surface area contributed by atoms with Gasteiger partial charge in [0.2, 0.25) is 0 Å². The molecule has 0 saturated heterocycles. The van der Waals surface area contributed by atoms with Crippen molar-refractivity contribution in [1.82, 2.24) is 0 Å². The number of hydrogen-bond donors (Lipinski definition) is 2. The summed E-state index contributed by atoms with van der Waals surface area (Å²) in [6, 6.07) is 0. The quantitative estimate of drug-likeness (QED) is 0.407. The van der Waals surface area contributed by atoms with Crippen LogP contribution in [0.4, 0.5) is 0 Å². The molecule has 0 radical (unpaired) electrons. The summed E-state index contributed by atoms with van der Waals surface area (Å²) in [7, 11) is 0. The largest absolute Gasteiger partial charge is 0.513 e. The van der Waals surface area contributed by atoms with Crippen LogP contribution in [0.3, 0.4) is 0 Å². The maximum atomic E-state index is 8.97. The zero-order chi connectivity index (χ0) is 10.6. The monoisotopic (exact) mass is 202 g/mol. The van der Waals surface area contributed by atoms with E-state index in [0.717, 1.165) is 0 Å². The highest BCUT2D eigenvalue weighted by Crippen LogP contribution is 2.32. The number of aliphatic hydroxyl groups is 2. The third-order valence-electron chi connectivity index (χ3n) is 1.69. The molecule has 0 rings (SSSR count). The highest BCUT2D eigenvalue weighted by Gasteiger charge is 2.25. The maximum absolute atomic E-state index is 8.97. The molecule has 0 aliphatic carbocycles. The van der Waals surface area contributed by atoms with Gasteiger partial charge in [0.25, 0.3) is 0 Å². The molecule has 1 atom stereocenters. The molecule has 0 bridgehead atoms. The molecular weight excluding hydrogens is 188 g/mol. The number of rotatable bonds is 5. The van der Waals surface area contributed by atoms with E-state index in [-0.39, 0.29) is 24.4 Å². The molecule has 0 saturated carbocycles. The minimum atomic E-state index is -0.780. The molecule has 0 aromatic carbocycles. The lowest BCUT2D eigenvalue weighted by Crippen LogP contribution is -2.20. The minimum absolute atomic E-state index is 0.00204. The van der Waals surface area contributed by atoms with E-state index in [9.17, 15) is 0 Å². The minimum Gasteiger partial charge on any atom is -0.513 e. The molecule has 0 fully saturated rings. The molecule has 2 N–H and O–H groups in total. The first-order valence-electron chi connectivity index (χ1n) is 3.86. The van der Waals surface area contributed by atoms with Crippen LogP contribution in [0.2, 0.25) is 0 Å². The predicted molar refractivity (Wildman–Crippen MR) is 56.2 cm³/mol. The van der Waals surface area contributed by atoms with Gasteiger partial charge in [0.1, 0.15) is 0 Å². The van der Waals surface area contributed by atoms with Gasteiger partial charge in [-0.2, -0.15) is 0 Å². The molecule has 0 aliphatic heterocycles. The molecule has 0 aromatic heterocycles. The van der Waals surface area contributed by atoms with Crippen molar-refractivity contribution in [2.45, 2.75) is 24.6 Å². The Labute approximate surface area is 83.8 Å². The van der Waals surface area contributed by atoms with Crippen molar-refractivity contribution in [1.29, 1.82) is 0 Å². The molecule has 1 unspecified atom stereocenters. The topological polar surface area (TPSA) is 40.5 Å². The maximum Gasteiger partial charge on any atom is 0.0892 e. The lowest BCUT2D eigenvalue weighted by atomic mass is 9.94. The molecule has 0 aromatic rings. The van der Waals surface area contributed by atoms with Crippen LogP contribution in [0.15, 0.2) is 36.8 Å². The second-order valence-corrected chi connectivity index (χ2v) is 4.12. The van der Waals surface area contributed by atoms with Gasteiger partial charge in [-0.05, 0) is 12.5 Å². The van der Waals surface area contributed by atoms with Crippen molar-refractivity contribution < 1.29 is 10.2 Å². The van der Waals surface area contributed by atoms with Crippen molar-refractivity contribution in [2.24, 2.45) is 0 Å². The Morgan fingerprint density at radius 1 is 1.23 bits per heavy atom. The van der Waals surface area contributed by atoms with Crippen LogP contribution in [0.5, 0.6) is 0 Å². The third-order valence-corrected chi connectivity index (χ3v) is 2.09. The summed E-state index contributed by atoms with van der Waals surface area (Å²) in [6.45, 7) is 12.1. The Balaban J connectivity index is 4.35. The van der Waals surface area contributed by atoms with Crippen LogP contribution in [0.25, 0.3) is 0 Å². The van der Waals surface area contributed by atoms with Crippen LogP contribution < -0.4 is 0 Å². The summed E-state index contributed by atoms with van der Waals surface area (Å²) in [5, 5.41) is 17.9. The van der Waals surface area contributed by atoms with Crippen LogP contribution in [-0.2, 0) is 0 Å². The SMILES string of the molecule is C=C(O)CC(=C)C(C)(Cl)CC(=C)O. The fourth-order valence-corrected chi connectivity index (χ4v) is 1.16. The van der Waals surface area contributed by atoms with E-state index in [1.54, 1.807) is 6.92 Å². The normalized spacial score (nSPS) is 14.6. The highest BCUT2D eigenvalue weighted by molar-refractivity contribution is 6.25. The molecule has 2 nitrogen and oxygen atoms in total. The Hall–Kier alpha value is -0.890. The van der Waals surface area contributed by atoms with Crippen LogP contribution in [0, 0.1) is 0 Å². The molecule has 0 aliphatic rings. The summed E-state index contributed by atoms with van der Waals surface area (Å²) in [5.74, 6) is 0.0163. The smallest absolute Gasteiger partial charge is 0.0892 e. The first-order valence-corrected chi connectivity index (χ1v) is 4.24. The van der Waals surface area contributed by atoms with Crippen LogP contribution >= 0.6 is 11.6 Å². The lowest BCUT2D eigenvalue weighted by molar-refractivity contribution is 0.369. The van der Waals surface area contributed by atoms with Gasteiger partial charge in [-0.1, -0.05) is 19.7 Å². The van der Waals surface area contributed by atoms with E-state index >= 15 is 0 Å². The zero-order valence-electron chi connectivity index (χ0n) is 7.81. The zero-order valence-corrected chi connectivity index (χ0v) is 8.56. The number of hydrogen-bond acceptors (Lipinski definition) is 2. The standard InChI is InChI=1S/C10H15ClO2/c1-7(5-8(2)12)10(4,11)6-9(3)13/h12-13H,1-3,5-6H2,4H3. The first-order chi connectivity index (χ1) is 5.75. The molecule has 0 heterocycles. The van der Waals surface area contributed by atoms with Gasteiger partial charge in [0, 0.05) is 12.8 Å². The molecule has 74 valence electrons. The van der Waals surface area contributed by atoms with Crippen molar-refractivity contribution in [3.05, 3.63) is 36.8 Å². The van der Waals surface area contributed by atoms with Gasteiger partial charge in [0.15, 0.2) is 0 Å². The number of allylic oxidation sites excluding steroid dienone is 2. The van der Waals surface area contributed by atoms with Crippen molar-refractivity contribution in [3.63, 3.8) is 0 Å². The molecular formula is C10H15ClO2. The summed E-state index contributed by atoms with van der Waals surface area (Å²) in [6.07, 6.45) is 0.466. The van der Waals surface area contributed by atoms with E-state index in [1.807, 2.05) is 0 Å². The molecule has 0 amide bonds. The fraction of sp³-hybridized carbons (Fsp3) is 0.400. The fourth-order valence-electron chi connectivity index (χ4n) is 0.939. The van der Waals surface area contributed by atoms with Gasteiger partial charge in [-0.15, -0.1) is 11.6 Å². The molecule has 13 heavy (non-hydrogen) atoms. The Morgan fingerprint density at radius 2 is 1.69 bits per heavy atom. The average Bonchev–Trinajstić information content (AvgIpc) is 1.81. The summed E-state index contributed by atoms with van der Waals surface area (Å²) < 4.78 is 0. The van der Waals surface area contributed by atoms with E-state index in [0.29, 0.717) is 5.57 Å². The van der Waals surface area contributed by atoms with E-state index in [4.69, 9.17) is 21.8 Å². The predicted octanol–water partition coefficient (Wildman–Crippen LogP) is 3.46. The highest BCUT2D eigenvalue weighted by atomic mass is 35.5. The molecule has 3 heteroatoms. The van der Waals surface area contributed by atoms with Gasteiger partial charge in [-0.3, -0.25) is 0 Å². The van der Waals surface area contributed by atoms with Crippen molar-refractivity contribution >= 4 is 11.6 Å². The van der Waals surface area contributed by atoms with Gasteiger partial charge in [-0.25, -0.2) is 0 Å². The second-order valence-electron chi connectivity index (χ2n) is 3.29. The Kier molecular flexibility index (Phi) is 4.08. The van der Waals surface area contributed by atoms with Crippen LogP contribution in [-0.4, -0.2) is 15.1 Å². The second kappa shape index (κ2) is 4.38. The third kappa shape index (κ3) is 4.63. The lowest BCUT2D eigenvalue weighted by Gasteiger charge is -2.23. The van der Waals surface area contributed by atoms with E-state index in [1.165, 1.54) is 0 Å². The van der Waals surface area contributed by atoms with Gasteiger partial charge >= 0.3 is 0 Å². The van der Waals surface area contributed by atoms with Gasteiger partial charge in [0.05, 0.1) is 16.4 Å². The average molecular weight is 203 g/mol. The van der Waals surface area contributed by atoms with Crippen molar-refractivity contribution in [2.75, 3.05) is 0 Å². The van der Waals surface area contributed by atoms with E-state index < -0.39 is 4.87 Å². The summed E-state index contributed by atoms with van der Waals surface area (Å²) >= 11 is 6.05. The Morgan fingerprint density at radius 3 is 2.00 bits per heavy atom. The summed E-state index contributed by atoms with van der Waals surface area (Å²) in [4.78, 5) is -0.780. The van der Waals surface area contributed by atoms with Crippen LogP contribution in [0.1, 0.15) is 19.8 Å².